The third-order valence-electron chi connectivity index (χ3n) is 5.49. The van der Waals surface area contributed by atoms with Gasteiger partial charge in [-0.3, -0.25) is 4.79 Å². The molecule has 1 aliphatic heterocycles. The molecule has 0 saturated carbocycles. The summed E-state index contributed by atoms with van der Waals surface area (Å²) in [6.07, 6.45) is 9.41. The summed E-state index contributed by atoms with van der Waals surface area (Å²) < 4.78 is 28.8. The molecule has 1 N–H and O–H groups in total. The number of amides is 1. The third kappa shape index (κ3) is 4.80. The van der Waals surface area contributed by atoms with E-state index in [1.807, 2.05) is 18.2 Å². The lowest BCUT2D eigenvalue weighted by Crippen LogP contribution is -2.27. The first kappa shape index (κ1) is 21.9. The van der Waals surface area contributed by atoms with Crippen molar-refractivity contribution in [3.63, 3.8) is 0 Å². The maximum atomic E-state index is 14.5. The SMILES string of the molecule is O=C(c1cc(Cl)c(O)c(SCc2cc(C3=CCCC=C3)c(F)cc2F)c1)N1CCCC1. The van der Waals surface area contributed by atoms with Crippen LogP contribution in [0.2, 0.25) is 5.02 Å². The van der Waals surface area contributed by atoms with Crippen LogP contribution in [0.5, 0.6) is 5.75 Å². The lowest BCUT2D eigenvalue weighted by Gasteiger charge is -2.17. The van der Waals surface area contributed by atoms with Crippen molar-refractivity contribution >= 4 is 34.8 Å². The van der Waals surface area contributed by atoms with Gasteiger partial charge in [-0.15, -0.1) is 11.8 Å². The van der Waals surface area contributed by atoms with Gasteiger partial charge in [-0.25, -0.2) is 8.78 Å². The van der Waals surface area contributed by atoms with E-state index in [4.69, 9.17) is 11.6 Å². The Morgan fingerprint density at radius 1 is 1.10 bits per heavy atom. The molecule has 1 saturated heterocycles. The number of hydrogen-bond donors (Lipinski definition) is 1. The van der Waals surface area contributed by atoms with Crippen molar-refractivity contribution in [1.29, 1.82) is 0 Å². The average Bonchev–Trinajstić information content (AvgIpc) is 3.30. The zero-order chi connectivity index (χ0) is 22.0. The minimum absolute atomic E-state index is 0.0744. The molecule has 0 radical (unpaired) electrons. The van der Waals surface area contributed by atoms with Gasteiger partial charge in [0.05, 0.1) is 9.92 Å². The number of benzene rings is 2. The van der Waals surface area contributed by atoms with Crippen LogP contribution in [0.3, 0.4) is 0 Å². The third-order valence-corrected chi connectivity index (χ3v) is 6.86. The van der Waals surface area contributed by atoms with Gasteiger partial charge < -0.3 is 10.0 Å². The van der Waals surface area contributed by atoms with Gasteiger partial charge in [0.25, 0.3) is 5.91 Å². The van der Waals surface area contributed by atoms with Gasteiger partial charge in [0.1, 0.15) is 17.4 Å². The average molecular weight is 462 g/mol. The minimum atomic E-state index is -0.649. The van der Waals surface area contributed by atoms with Crippen LogP contribution >= 0.6 is 23.4 Å². The first-order chi connectivity index (χ1) is 14.9. The number of halogens is 3. The number of rotatable bonds is 5. The van der Waals surface area contributed by atoms with Crippen LogP contribution in [0.1, 0.15) is 47.2 Å². The van der Waals surface area contributed by atoms with Crippen LogP contribution in [0.4, 0.5) is 8.78 Å². The Kier molecular flexibility index (Phi) is 6.68. The van der Waals surface area contributed by atoms with Gasteiger partial charge in [-0.05, 0) is 55.0 Å². The number of carbonyl (C=O) groups excluding carboxylic acids is 1. The van der Waals surface area contributed by atoms with Crippen molar-refractivity contribution in [3.05, 3.63) is 75.8 Å². The number of hydrogen-bond acceptors (Lipinski definition) is 3. The second-order valence-electron chi connectivity index (χ2n) is 7.66. The Hall–Kier alpha value is -2.31. The van der Waals surface area contributed by atoms with Crippen LogP contribution in [0.25, 0.3) is 5.57 Å². The van der Waals surface area contributed by atoms with Crippen LogP contribution in [0.15, 0.2) is 47.4 Å². The zero-order valence-corrected chi connectivity index (χ0v) is 18.4. The molecule has 0 aromatic heterocycles. The van der Waals surface area contributed by atoms with Gasteiger partial charge in [-0.1, -0.05) is 29.8 Å². The van der Waals surface area contributed by atoms with Crippen molar-refractivity contribution < 1.29 is 18.7 Å². The molecule has 0 unspecified atom stereocenters. The summed E-state index contributed by atoms with van der Waals surface area (Å²) in [4.78, 5) is 14.9. The fourth-order valence-electron chi connectivity index (χ4n) is 3.80. The van der Waals surface area contributed by atoms with E-state index in [2.05, 4.69) is 0 Å². The van der Waals surface area contributed by atoms with Gasteiger partial charge in [0.15, 0.2) is 0 Å². The maximum absolute atomic E-state index is 14.5. The molecular weight excluding hydrogens is 440 g/mol. The van der Waals surface area contributed by atoms with E-state index < -0.39 is 11.6 Å². The molecule has 1 fully saturated rings. The molecule has 7 heteroatoms. The maximum Gasteiger partial charge on any atom is 0.253 e. The van der Waals surface area contributed by atoms with Crippen molar-refractivity contribution in [1.82, 2.24) is 4.90 Å². The van der Waals surface area contributed by atoms with Crippen molar-refractivity contribution in [2.75, 3.05) is 13.1 Å². The molecule has 1 aliphatic carbocycles. The van der Waals surface area contributed by atoms with Crippen molar-refractivity contribution in [3.8, 4) is 5.75 Å². The van der Waals surface area contributed by atoms with E-state index in [-0.39, 0.29) is 22.4 Å². The topological polar surface area (TPSA) is 40.5 Å². The lowest BCUT2D eigenvalue weighted by molar-refractivity contribution is 0.0792. The van der Waals surface area contributed by atoms with Crippen molar-refractivity contribution in [2.45, 2.75) is 36.3 Å². The number of likely N-dealkylation sites (tertiary alicyclic amines) is 1. The predicted molar refractivity (Wildman–Crippen MR) is 121 cm³/mol. The first-order valence-electron chi connectivity index (χ1n) is 10.2. The Morgan fingerprint density at radius 2 is 1.87 bits per heavy atom. The van der Waals surface area contributed by atoms with Crippen LogP contribution in [-0.4, -0.2) is 29.0 Å². The van der Waals surface area contributed by atoms with Gasteiger partial charge >= 0.3 is 0 Å². The summed E-state index contributed by atoms with van der Waals surface area (Å²) in [6, 6.07) is 5.45. The summed E-state index contributed by atoms with van der Waals surface area (Å²) in [5.74, 6) is -1.38. The summed E-state index contributed by atoms with van der Waals surface area (Å²) in [5, 5.41) is 10.4. The quantitative estimate of drug-likeness (QED) is 0.511. The number of nitrogens with zero attached hydrogens (tertiary/aromatic N) is 1. The smallest absolute Gasteiger partial charge is 0.253 e. The second-order valence-corrected chi connectivity index (χ2v) is 9.08. The van der Waals surface area contributed by atoms with E-state index >= 15 is 0 Å². The van der Waals surface area contributed by atoms with Crippen LogP contribution in [-0.2, 0) is 5.75 Å². The Labute approximate surface area is 189 Å². The highest BCUT2D eigenvalue weighted by atomic mass is 35.5. The second kappa shape index (κ2) is 9.45. The number of allylic oxidation sites excluding steroid dienone is 4. The Bertz CT molecular complexity index is 1080. The highest BCUT2D eigenvalue weighted by molar-refractivity contribution is 7.98. The number of phenolic OH excluding ortho intramolecular Hbond substituents is 1. The standard InChI is InChI=1S/C24H22ClF2NO2S/c25-19-11-16(24(30)28-8-4-5-9-28)12-22(23(19)29)31-14-17-10-18(21(27)13-20(17)26)15-6-2-1-3-7-15/h2,6-7,10-13,29H,1,3-5,8-9,14H2. The fraction of sp³-hybridized carbons (Fsp3) is 0.292. The molecule has 1 amide bonds. The zero-order valence-electron chi connectivity index (χ0n) is 16.8. The summed E-state index contributed by atoms with van der Waals surface area (Å²) >= 11 is 7.32. The normalized spacial score (nSPS) is 16.0. The van der Waals surface area contributed by atoms with Gasteiger partial charge in [0, 0.05) is 36.0 Å². The summed E-state index contributed by atoms with van der Waals surface area (Å²) in [6.45, 7) is 1.40. The summed E-state index contributed by atoms with van der Waals surface area (Å²) in [5.41, 5.74) is 1.80. The number of carbonyl (C=O) groups is 1. The molecule has 0 spiro atoms. The molecule has 1 heterocycles. The number of aromatic hydroxyl groups is 1. The number of phenols is 1. The van der Waals surface area contributed by atoms with E-state index in [1.54, 1.807) is 11.0 Å². The van der Waals surface area contributed by atoms with E-state index in [9.17, 15) is 18.7 Å². The van der Waals surface area contributed by atoms with E-state index in [1.165, 1.54) is 12.1 Å². The molecule has 2 aromatic carbocycles. The largest absolute Gasteiger partial charge is 0.505 e. The summed E-state index contributed by atoms with van der Waals surface area (Å²) in [7, 11) is 0. The molecule has 4 rings (SSSR count). The molecule has 0 atom stereocenters. The van der Waals surface area contributed by atoms with Gasteiger partial charge in [-0.2, -0.15) is 0 Å². The highest BCUT2D eigenvalue weighted by Crippen LogP contribution is 2.39. The van der Waals surface area contributed by atoms with Crippen LogP contribution in [0, 0.1) is 11.6 Å². The molecule has 0 bridgehead atoms. The lowest BCUT2D eigenvalue weighted by atomic mass is 9.97. The Morgan fingerprint density at radius 3 is 2.58 bits per heavy atom. The monoisotopic (exact) mass is 461 g/mol. The van der Waals surface area contributed by atoms with Gasteiger partial charge in [0.2, 0.25) is 0 Å². The molecule has 2 aliphatic rings. The highest BCUT2D eigenvalue weighted by Gasteiger charge is 2.22. The molecule has 162 valence electrons. The molecular formula is C24H22ClF2NO2S. The molecule has 3 nitrogen and oxygen atoms in total. The fourth-order valence-corrected chi connectivity index (χ4v) is 5.07. The predicted octanol–water partition coefficient (Wildman–Crippen LogP) is 6.59. The van der Waals surface area contributed by atoms with Crippen molar-refractivity contribution in [2.24, 2.45) is 0 Å². The molecule has 31 heavy (non-hydrogen) atoms. The number of thioether (sulfide) groups is 1. The van der Waals surface area contributed by atoms with Crippen LogP contribution < -0.4 is 0 Å². The Balaban J connectivity index is 1.58. The van der Waals surface area contributed by atoms with E-state index in [0.717, 1.165) is 49.1 Å². The first-order valence-corrected chi connectivity index (χ1v) is 11.6. The minimum Gasteiger partial charge on any atom is -0.505 e. The van der Waals surface area contributed by atoms with E-state index in [0.29, 0.717) is 34.7 Å². The molecule has 2 aromatic rings.